The number of benzene rings is 1. The highest BCUT2D eigenvalue weighted by atomic mass is 16.1. The molecular weight excluding hydrogens is 258 g/mol. The highest BCUT2D eigenvalue weighted by molar-refractivity contribution is 5.99. The molecule has 1 saturated heterocycles. The molecule has 2 atom stereocenters. The van der Waals surface area contributed by atoms with Gasteiger partial charge in [-0.1, -0.05) is 18.9 Å². The van der Waals surface area contributed by atoms with Gasteiger partial charge in [-0.3, -0.25) is 9.69 Å². The van der Waals surface area contributed by atoms with Crippen LogP contribution in [0, 0.1) is 26.7 Å². The molecule has 1 aliphatic heterocycles. The van der Waals surface area contributed by atoms with E-state index in [1.54, 1.807) is 0 Å². The van der Waals surface area contributed by atoms with E-state index in [0.29, 0.717) is 18.4 Å². The number of likely N-dealkylation sites (tertiary alicyclic amines) is 1. The Kier molecular flexibility index (Phi) is 4.17. The van der Waals surface area contributed by atoms with Gasteiger partial charge < -0.3 is 0 Å². The number of hydrogen-bond acceptors (Lipinski definition) is 2. The Hall–Kier alpha value is -1.15. The molecule has 2 heteroatoms. The van der Waals surface area contributed by atoms with Gasteiger partial charge in [0.25, 0.3) is 0 Å². The van der Waals surface area contributed by atoms with Gasteiger partial charge in [0.15, 0.2) is 5.78 Å². The Morgan fingerprint density at radius 1 is 1.05 bits per heavy atom. The lowest BCUT2D eigenvalue weighted by molar-refractivity contribution is 0.0895. The van der Waals surface area contributed by atoms with Gasteiger partial charge in [0.1, 0.15) is 0 Å². The molecular formula is C19H27NO. The highest BCUT2D eigenvalue weighted by Gasteiger charge is 2.36. The van der Waals surface area contributed by atoms with Crippen LogP contribution in [0.3, 0.4) is 0 Å². The molecule has 0 N–H and O–H groups in total. The summed E-state index contributed by atoms with van der Waals surface area (Å²) >= 11 is 0. The number of hydrogen-bond donors (Lipinski definition) is 0. The summed E-state index contributed by atoms with van der Waals surface area (Å²) in [6.45, 7) is 8.00. The first-order valence-corrected chi connectivity index (χ1v) is 8.41. The van der Waals surface area contributed by atoms with Crippen LogP contribution in [0.4, 0.5) is 0 Å². The summed E-state index contributed by atoms with van der Waals surface area (Å²) in [7, 11) is 0. The van der Waals surface area contributed by atoms with Crippen molar-refractivity contribution in [3.05, 3.63) is 34.4 Å². The van der Waals surface area contributed by atoms with Gasteiger partial charge in [-0.2, -0.15) is 0 Å². The predicted molar refractivity (Wildman–Crippen MR) is 86.9 cm³/mol. The second-order valence-electron chi connectivity index (χ2n) is 7.05. The van der Waals surface area contributed by atoms with E-state index < -0.39 is 0 Å². The normalized spacial score (nSPS) is 25.9. The van der Waals surface area contributed by atoms with Crippen LogP contribution < -0.4 is 0 Å². The first kappa shape index (κ1) is 14.8. The zero-order valence-corrected chi connectivity index (χ0v) is 13.6. The highest BCUT2D eigenvalue weighted by Crippen LogP contribution is 2.36. The minimum atomic E-state index is 0.307. The van der Waals surface area contributed by atoms with Crippen LogP contribution in [0.1, 0.15) is 59.2 Å². The molecule has 2 fully saturated rings. The molecule has 2 aliphatic rings. The summed E-state index contributed by atoms with van der Waals surface area (Å²) in [6.07, 6.45) is 6.69. The number of carbonyl (C=O) groups excluding carboxylic acids is 1. The Morgan fingerprint density at radius 2 is 1.76 bits per heavy atom. The first-order chi connectivity index (χ1) is 10.1. The molecule has 1 aromatic rings. The SMILES string of the molecule is Cc1cc(C)c(C(=O)CN2CCC3CCCCC32)cc1C. The fourth-order valence-corrected chi connectivity index (χ4v) is 4.23. The maximum Gasteiger partial charge on any atom is 0.177 e. The monoisotopic (exact) mass is 285 g/mol. The van der Waals surface area contributed by atoms with Gasteiger partial charge in [-0.05, 0) is 75.3 Å². The third-order valence-corrected chi connectivity index (χ3v) is 5.61. The second-order valence-corrected chi connectivity index (χ2v) is 7.05. The fraction of sp³-hybridized carbons (Fsp3) is 0.632. The molecule has 2 nitrogen and oxygen atoms in total. The lowest BCUT2D eigenvalue weighted by Gasteiger charge is -2.31. The van der Waals surface area contributed by atoms with E-state index in [1.807, 2.05) is 0 Å². The zero-order valence-electron chi connectivity index (χ0n) is 13.6. The lowest BCUT2D eigenvalue weighted by atomic mass is 9.85. The Balaban J connectivity index is 1.73. The average Bonchev–Trinajstić information content (AvgIpc) is 2.86. The third-order valence-electron chi connectivity index (χ3n) is 5.61. The van der Waals surface area contributed by atoms with E-state index >= 15 is 0 Å². The summed E-state index contributed by atoms with van der Waals surface area (Å²) in [4.78, 5) is 15.2. The van der Waals surface area contributed by atoms with Crippen molar-refractivity contribution in [2.45, 2.75) is 58.9 Å². The standard InChI is InChI=1S/C19H27NO/c1-13-10-15(3)17(11-14(13)2)19(21)12-20-9-8-16-6-4-5-7-18(16)20/h10-11,16,18H,4-9,12H2,1-3H3. The van der Waals surface area contributed by atoms with E-state index in [4.69, 9.17) is 0 Å². The van der Waals surface area contributed by atoms with Gasteiger partial charge in [-0.15, -0.1) is 0 Å². The molecule has 0 aromatic heterocycles. The topological polar surface area (TPSA) is 20.3 Å². The van der Waals surface area contributed by atoms with Crippen LogP contribution in [-0.2, 0) is 0 Å². The Bertz CT molecular complexity index is 549. The molecule has 3 rings (SSSR count). The minimum Gasteiger partial charge on any atom is -0.293 e. The number of fused-ring (bicyclic) bond motifs is 1. The molecule has 114 valence electrons. The number of carbonyl (C=O) groups is 1. The maximum atomic E-state index is 12.7. The minimum absolute atomic E-state index is 0.307. The Morgan fingerprint density at radius 3 is 2.57 bits per heavy atom. The quantitative estimate of drug-likeness (QED) is 0.781. The van der Waals surface area contributed by atoms with Crippen LogP contribution in [-0.4, -0.2) is 29.8 Å². The summed E-state index contributed by atoms with van der Waals surface area (Å²) in [6, 6.07) is 4.91. The molecule has 1 saturated carbocycles. The number of Topliss-reactive ketones (excluding diaryl/α,β-unsaturated/α-hetero) is 1. The molecule has 0 bridgehead atoms. The molecule has 0 amide bonds. The van der Waals surface area contributed by atoms with Gasteiger partial charge in [0, 0.05) is 11.6 Å². The van der Waals surface area contributed by atoms with Crippen molar-refractivity contribution in [1.29, 1.82) is 0 Å². The van der Waals surface area contributed by atoms with Crippen LogP contribution >= 0.6 is 0 Å². The zero-order chi connectivity index (χ0) is 15.0. The molecule has 1 aliphatic carbocycles. The van der Waals surface area contributed by atoms with E-state index in [0.717, 1.165) is 23.6 Å². The van der Waals surface area contributed by atoms with E-state index in [2.05, 4.69) is 37.8 Å². The summed E-state index contributed by atoms with van der Waals surface area (Å²) in [5, 5.41) is 0. The smallest absolute Gasteiger partial charge is 0.177 e. The fourth-order valence-electron chi connectivity index (χ4n) is 4.23. The maximum absolute atomic E-state index is 12.7. The summed E-state index contributed by atoms with van der Waals surface area (Å²) in [5.74, 6) is 1.16. The van der Waals surface area contributed by atoms with Crippen LogP contribution in [0.25, 0.3) is 0 Å². The van der Waals surface area contributed by atoms with Gasteiger partial charge in [0.2, 0.25) is 0 Å². The summed E-state index contributed by atoms with van der Waals surface area (Å²) < 4.78 is 0. The van der Waals surface area contributed by atoms with Crippen LogP contribution in [0.2, 0.25) is 0 Å². The molecule has 0 spiro atoms. The van der Waals surface area contributed by atoms with E-state index in [9.17, 15) is 4.79 Å². The molecule has 21 heavy (non-hydrogen) atoms. The first-order valence-electron chi connectivity index (χ1n) is 8.41. The van der Waals surface area contributed by atoms with Crippen molar-refractivity contribution >= 4 is 5.78 Å². The largest absolute Gasteiger partial charge is 0.293 e. The molecule has 1 heterocycles. The van der Waals surface area contributed by atoms with Crippen molar-refractivity contribution in [1.82, 2.24) is 4.90 Å². The van der Waals surface area contributed by atoms with Crippen LogP contribution in [0.5, 0.6) is 0 Å². The lowest BCUT2D eigenvalue weighted by Crippen LogP contribution is -2.38. The number of aryl methyl sites for hydroxylation is 3. The van der Waals surface area contributed by atoms with E-state index in [1.165, 1.54) is 43.2 Å². The molecule has 0 radical (unpaired) electrons. The average molecular weight is 285 g/mol. The van der Waals surface area contributed by atoms with Crippen molar-refractivity contribution in [3.63, 3.8) is 0 Å². The number of nitrogens with zero attached hydrogens (tertiary/aromatic N) is 1. The molecule has 1 aromatic carbocycles. The van der Waals surface area contributed by atoms with Crippen molar-refractivity contribution < 1.29 is 4.79 Å². The van der Waals surface area contributed by atoms with Crippen molar-refractivity contribution in [2.75, 3.05) is 13.1 Å². The van der Waals surface area contributed by atoms with Gasteiger partial charge >= 0.3 is 0 Å². The summed E-state index contributed by atoms with van der Waals surface area (Å²) in [5.41, 5.74) is 4.55. The van der Waals surface area contributed by atoms with Crippen molar-refractivity contribution in [2.24, 2.45) is 5.92 Å². The Labute approximate surface area is 128 Å². The van der Waals surface area contributed by atoms with Gasteiger partial charge in [-0.25, -0.2) is 0 Å². The predicted octanol–water partition coefficient (Wildman–Crippen LogP) is 4.06. The van der Waals surface area contributed by atoms with E-state index in [-0.39, 0.29) is 0 Å². The second kappa shape index (κ2) is 5.92. The number of ketones is 1. The van der Waals surface area contributed by atoms with Gasteiger partial charge in [0.05, 0.1) is 6.54 Å². The number of rotatable bonds is 3. The molecule has 2 unspecified atom stereocenters. The van der Waals surface area contributed by atoms with Crippen molar-refractivity contribution in [3.8, 4) is 0 Å². The third kappa shape index (κ3) is 2.91. The van der Waals surface area contributed by atoms with Crippen LogP contribution in [0.15, 0.2) is 12.1 Å².